The minimum atomic E-state index is -0.983. The molecule has 1 saturated heterocycles. The third-order valence-electron chi connectivity index (χ3n) is 6.29. The van der Waals surface area contributed by atoms with Crippen LogP contribution < -0.4 is 15.5 Å². The minimum Gasteiger partial charge on any atom is -0.374 e. The molecule has 2 N–H and O–H groups in total. The number of nitrogens with zero attached hydrogens (tertiary/aromatic N) is 2. The average molecular weight is 443 g/mol. The Morgan fingerprint density at radius 1 is 1.00 bits per heavy atom. The molecule has 1 atom stereocenters. The van der Waals surface area contributed by atoms with E-state index in [0.29, 0.717) is 6.07 Å². The van der Waals surface area contributed by atoms with E-state index in [4.69, 9.17) is 0 Å². The number of amides is 2. The number of rotatable bonds is 5. The SMILES string of the molecule is CN1CCc2cc(C(CNC(=O)C(=O)Nc3ccc(F)cc3F)N3CCCCC3)ccc21. The van der Waals surface area contributed by atoms with Gasteiger partial charge in [0.05, 0.1) is 11.7 Å². The fraction of sp³-hybridized carbons (Fsp3) is 0.417. The summed E-state index contributed by atoms with van der Waals surface area (Å²) in [6.45, 7) is 3.13. The van der Waals surface area contributed by atoms with Gasteiger partial charge in [0.1, 0.15) is 11.6 Å². The maximum absolute atomic E-state index is 13.8. The van der Waals surface area contributed by atoms with Crippen molar-refractivity contribution in [2.75, 3.05) is 43.4 Å². The monoisotopic (exact) mass is 442 g/mol. The highest BCUT2D eigenvalue weighted by Gasteiger charge is 2.26. The van der Waals surface area contributed by atoms with E-state index in [1.807, 2.05) is 0 Å². The fourth-order valence-corrected chi connectivity index (χ4v) is 4.52. The van der Waals surface area contributed by atoms with Crippen molar-refractivity contribution in [2.45, 2.75) is 31.7 Å². The molecule has 1 fully saturated rings. The molecule has 2 amide bonds. The molecule has 2 aliphatic heterocycles. The van der Waals surface area contributed by atoms with Crippen molar-refractivity contribution in [1.29, 1.82) is 0 Å². The Balaban J connectivity index is 1.45. The van der Waals surface area contributed by atoms with Gasteiger partial charge in [0.25, 0.3) is 0 Å². The van der Waals surface area contributed by atoms with Crippen LogP contribution in [0.3, 0.4) is 0 Å². The van der Waals surface area contributed by atoms with Gasteiger partial charge < -0.3 is 15.5 Å². The summed E-state index contributed by atoms with van der Waals surface area (Å²) in [4.78, 5) is 29.3. The van der Waals surface area contributed by atoms with Crippen molar-refractivity contribution in [3.63, 3.8) is 0 Å². The second-order valence-corrected chi connectivity index (χ2v) is 8.46. The van der Waals surface area contributed by atoms with Crippen molar-refractivity contribution >= 4 is 23.2 Å². The first kappa shape index (κ1) is 22.2. The zero-order valence-electron chi connectivity index (χ0n) is 18.2. The lowest BCUT2D eigenvalue weighted by Gasteiger charge is -2.35. The first-order chi connectivity index (χ1) is 15.4. The summed E-state index contributed by atoms with van der Waals surface area (Å²) in [5.74, 6) is -3.52. The molecule has 8 heteroatoms. The lowest BCUT2D eigenvalue weighted by atomic mass is 9.98. The quantitative estimate of drug-likeness (QED) is 0.698. The zero-order chi connectivity index (χ0) is 22.7. The van der Waals surface area contributed by atoms with E-state index in [1.165, 1.54) is 17.7 Å². The number of anilines is 2. The number of carbonyl (C=O) groups excluding carboxylic acids is 2. The molecule has 0 aliphatic carbocycles. The van der Waals surface area contributed by atoms with Gasteiger partial charge in [0, 0.05) is 31.9 Å². The van der Waals surface area contributed by atoms with Gasteiger partial charge in [-0.15, -0.1) is 0 Å². The van der Waals surface area contributed by atoms with Crippen molar-refractivity contribution in [3.8, 4) is 0 Å². The Kier molecular flexibility index (Phi) is 6.69. The Morgan fingerprint density at radius 2 is 1.78 bits per heavy atom. The van der Waals surface area contributed by atoms with E-state index in [0.717, 1.165) is 56.6 Å². The van der Waals surface area contributed by atoms with E-state index < -0.39 is 23.4 Å². The molecule has 0 saturated carbocycles. The molecule has 4 rings (SSSR count). The summed E-state index contributed by atoms with van der Waals surface area (Å²) in [6, 6.07) is 9.15. The topological polar surface area (TPSA) is 64.7 Å². The van der Waals surface area contributed by atoms with Crippen LogP contribution >= 0.6 is 0 Å². The van der Waals surface area contributed by atoms with Crippen molar-refractivity contribution in [1.82, 2.24) is 10.2 Å². The molecule has 1 unspecified atom stereocenters. The maximum Gasteiger partial charge on any atom is 0.313 e. The average Bonchev–Trinajstić information content (AvgIpc) is 3.16. The van der Waals surface area contributed by atoms with E-state index in [-0.39, 0.29) is 18.3 Å². The largest absolute Gasteiger partial charge is 0.374 e. The highest BCUT2D eigenvalue weighted by molar-refractivity contribution is 6.39. The van der Waals surface area contributed by atoms with Gasteiger partial charge in [0.15, 0.2) is 0 Å². The number of hydrogen-bond acceptors (Lipinski definition) is 4. The molecule has 6 nitrogen and oxygen atoms in total. The number of benzene rings is 2. The molecule has 2 aliphatic rings. The molecule has 0 spiro atoms. The lowest BCUT2D eigenvalue weighted by Crippen LogP contribution is -2.43. The van der Waals surface area contributed by atoms with Crippen molar-refractivity contribution in [3.05, 3.63) is 59.2 Å². The summed E-state index contributed by atoms with van der Waals surface area (Å²) < 4.78 is 26.8. The van der Waals surface area contributed by atoms with Crippen LogP contribution in [0.1, 0.15) is 36.4 Å². The number of likely N-dealkylation sites (tertiary alicyclic amines) is 1. The normalized spacial score (nSPS) is 17.0. The molecule has 32 heavy (non-hydrogen) atoms. The van der Waals surface area contributed by atoms with E-state index in [9.17, 15) is 18.4 Å². The molecule has 0 bridgehead atoms. The number of likely N-dealkylation sites (N-methyl/N-ethyl adjacent to an activating group) is 1. The van der Waals surface area contributed by atoms with Crippen LogP contribution in [0.2, 0.25) is 0 Å². The van der Waals surface area contributed by atoms with Crippen LogP contribution in [0, 0.1) is 11.6 Å². The van der Waals surface area contributed by atoms with Gasteiger partial charge in [-0.2, -0.15) is 0 Å². The van der Waals surface area contributed by atoms with Crippen LogP contribution in [-0.4, -0.2) is 49.9 Å². The predicted octanol–water partition coefficient (Wildman–Crippen LogP) is 3.24. The standard InChI is InChI=1S/C24H28F2N4O2/c1-29-12-9-17-13-16(5-8-21(17)29)22(30-10-3-2-4-11-30)15-27-23(31)24(32)28-20-7-6-18(25)14-19(20)26/h5-8,13-14,22H,2-4,9-12,15H2,1H3,(H,27,31)(H,28,32). The summed E-state index contributed by atoms with van der Waals surface area (Å²) in [6.07, 6.45) is 4.38. The third kappa shape index (κ3) is 4.91. The lowest BCUT2D eigenvalue weighted by molar-refractivity contribution is -0.136. The second kappa shape index (κ2) is 9.65. The molecule has 0 radical (unpaired) electrons. The Hall–Kier alpha value is -3.00. The third-order valence-corrected chi connectivity index (χ3v) is 6.29. The smallest absolute Gasteiger partial charge is 0.313 e. The van der Waals surface area contributed by atoms with Crippen LogP contribution in [0.25, 0.3) is 0 Å². The molecule has 0 aromatic heterocycles. The number of halogens is 2. The second-order valence-electron chi connectivity index (χ2n) is 8.46. The van der Waals surface area contributed by atoms with Crippen LogP contribution in [-0.2, 0) is 16.0 Å². The fourth-order valence-electron chi connectivity index (χ4n) is 4.52. The van der Waals surface area contributed by atoms with Crippen molar-refractivity contribution < 1.29 is 18.4 Å². The van der Waals surface area contributed by atoms with Gasteiger partial charge in [-0.1, -0.05) is 18.6 Å². The van der Waals surface area contributed by atoms with Crippen LogP contribution in [0.4, 0.5) is 20.2 Å². The first-order valence-electron chi connectivity index (χ1n) is 11.0. The van der Waals surface area contributed by atoms with E-state index in [1.54, 1.807) is 0 Å². The number of fused-ring (bicyclic) bond motifs is 1. The summed E-state index contributed by atoms with van der Waals surface area (Å²) >= 11 is 0. The first-order valence-corrected chi connectivity index (χ1v) is 11.0. The summed E-state index contributed by atoms with van der Waals surface area (Å²) in [5, 5.41) is 4.91. The number of nitrogens with one attached hydrogen (secondary N) is 2. The molecule has 2 aromatic carbocycles. The number of carbonyl (C=O) groups is 2. The van der Waals surface area contributed by atoms with E-state index >= 15 is 0 Å². The van der Waals surface area contributed by atoms with Gasteiger partial charge in [-0.25, -0.2) is 8.78 Å². The van der Waals surface area contributed by atoms with Crippen molar-refractivity contribution in [2.24, 2.45) is 0 Å². The van der Waals surface area contributed by atoms with Gasteiger partial charge >= 0.3 is 11.8 Å². The highest BCUT2D eigenvalue weighted by Crippen LogP contribution is 2.32. The summed E-state index contributed by atoms with van der Waals surface area (Å²) in [7, 11) is 2.08. The number of hydrogen-bond donors (Lipinski definition) is 2. The Labute approximate surface area is 186 Å². The molecule has 2 aromatic rings. The molecular weight excluding hydrogens is 414 g/mol. The van der Waals surface area contributed by atoms with Crippen LogP contribution in [0.5, 0.6) is 0 Å². The zero-order valence-corrected chi connectivity index (χ0v) is 18.2. The minimum absolute atomic E-state index is 0.0502. The number of piperidine rings is 1. The highest BCUT2D eigenvalue weighted by atomic mass is 19.1. The predicted molar refractivity (Wildman–Crippen MR) is 120 cm³/mol. The van der Waals surface area contributed by atoms with E-state index in [2.05, 4.69) is 45.7 Å². The maximum atomic E-state index is 13.8. The molecule has 2 heterocycles. The summed E-state index contributed by atoms with van der Waals surface area (Å²) in [5.41, 5.74) is 3.41. The van der Waals surface area contributed by atoms with Gasteiger partial charge in [-0.3, -0.25) is 14.5 Å². The Bertz CT molecular complexity index is 1010. The van der Waals surface area contributed by atoms with Gasteiger partial charge in [-0.05, 0) is 61.7 Å². The molecular formula is C24H28F2N4O2. The Morgan fingerprint density at radius 3 is 2.53 bits per heavy atom. The molecule has 170 valence electrons. The van der Waals surface area contributed by atoms with Crippen LogP contribution in [0.15, 0.2) is 36.4 Å². The van der Waals surface area contributed by atoms with Gasteiger partial charge in [0.2, 0.25) is 0 Å².